The third kappa shape index (κ3) is 1.98. The number of amides is 1. The van der Waals surface area contributed by atoms with Gasteiger partial charge in [-0.2, -0.15) is 5.10 Å². The second-order valence-corrected chi connectivity index (χ2v) is 5.38. The summed E-state index contributed by atoms with van der Waals surface area (Å²) in [6.45, 7) is 1.85. The van der Waals surface area contributed by atoms with E-state index in [9.17, 15) is 9.18 Å². The summed E-state index contributed by atoms with van der Waals surface area (Å²) in [5.74, 6) is -0.234. The number of hydrogen-bond acceptors (Lipinski definition) is 2. The first-order chi connectivity index (χ1) is 9.47. The van der Waals surface area contributed by atoms with Gasteiger partial charge < -0.3 is 5.32 Å². The van der Waals surface area contributed by atoms with Crippen LogP contribution in [-0.2, 0) is 11.8 Å². The van der Waals surface area contributed by atoms with Crippen LogP contribution in [0.3, 0.4) is 0 Å². The van der Waals surface area contributed by atoms with E-state index in [2.05, 4.69) is 10.4 Å². The lowest BCUT2D eigenvalue weighted by Crippen LogP contribution is -2.25. The van der Waals surface area contributed by atoms with E-state index in [1.807, 2.05) is 6.92 Å². The predicted molar refractivity (Wildman–Crippen MR) is 74.4 cm³/mol. The highest BCUT2D eigenvalue weighted by Crippen LogP contribution is 2.40. The Labute approximate surface area is 120 Å². The first-order valence-corrected chi connectivity index (χ1v) is 6.63. The van der Waals surface area contributed by atoms with Gasteiger partial charge in [-0.3, -0.25) is 9.48 Å². The quantitative estimate of drug-likeness (QED) is 0.878. The predicted octanol–water partition coefficient (Wildman–Crippen LogP) is 3.00. The summed E-state index contributed by atoms with van der Waals surface area (Å²) in [6, 6.07) is 4.41. The second kappa shape index (κ2) is 4.59. The number of hydrogen-bond donors (Lipinski definition) is 1. The van der Waals surface area contributed by atoms with E-state index in [0.29, 0.717) is 16.4 Å². The molecule has 1 atom stereocenters. The molecule has 1 aromatic heterocycles. The summed E-state index contributed by atoms with van der Waals surface area (Å²) >= 11 is 5.96. The molecule has 3 rings (SSSR count). The van der Waals surface area contributed by atoms with Gasteiger partial charge in [0.15, 0.2) is 0 Å². The lowest BCUT2D eigenvalue weighted by atomic mass is 9.85. The number of anilines is 1. The molecule has 0 saturated heterocycles. The lowest BCUT2D eigenvalue weighted by molar-refractivity contribution is -0.116. The van der Waals surface area contributed by atoms with Gasteiger partial charge in [0, 0.05) is 30.0 Å². The zero-order valence-corrected chi connectivity index (χ0v) is 11.8. The van der Waals surface area contributed by atoms with Crippen LogP contribution in [0.25, 0.3) is 0 Å². The van der Waals surface area contributed by atoms with Crippen molar-refractivity contribution in [2.24, 2.45) is 7.05 Å². The maximum Gasteiger partial charge on any atom is 0.226 e. The van der Waals surface area contributed by atoms with Gasteiger partial charge in [0.25, 0.3) is 0 Å². The highest BCUT2D eigenvalue weighted by molar-refractivity contribution is 6.30. The van der Waals surface area contributed by atoms with Crippen LogP contribution in [0.5, 0.6) is 0 Å². The van der Waals surface area contributed by atoms with Crippen molar-refractivity contribution >= 4 is 23.3 Å². The van der Waals surface area contributed by atoms with E-state index in [0.717, 1.165) is 11.3 Å². The van der Waals surface area contributed by atoms with Crippen LogP contribution in [0.4, 0.5) is 10.2 Å². The molecule has 0 aliphatic carbocycles. The number of benzene rings is 1. The van der Waals surface area contributed by atoms with Crippen molar-refractivity contribution in [3.05, 3.63) is 45.9 Å². The average Bonchev–Trinajstić information content (AvgIpc) is 2.67. The zero-order valence-electron chi connectivity index (χ0n) is 11.1. The number of nitrogens with one attached hydrogen (secondary N) is 1. The van der Waals surface area contributed by atoms with Gasteiger partial charge >= 0.3 is 0 Å². The zero-order chi connectivity index (χ0) is 14.4. The number of halogens is 2. The first-order valence-electron chi connectivity index (χ1n) is 6.25. The topological polar surface area (TPSA) is 46.9 Å². The van der Waals surface area contributed by atoms with E-state index < -0.39 is 0 Å². The Morgan fingerprint density at radius 3 is 3.00 bits per heavy atom. The molecule has 20 heavy (non-hydrogen) atoms. The van der Waals surface area contributed by atoms with E-state index in [4.69, 9.17) is 11.6 Å². The van der Waals surface area contributed by atoms with E-state index >= 15 is 0 Å². The van der Waals surface area contributed by atoms with Crippen LogP contribution in [0.15, 0.2) is 18.2 Å². The summed E-state index contributed by atoms with van der Waals surface area (Å²) in [4.78, 5) is 11.9. The molecule has 1 aromatic carbocycles. The Morgan fingerprint density at radius 1 is 1.50 bits per heavy atom. The Morgan fingerprint density at radius 2 is 2.25 bits per heavy atom. The van der Waals surface area contributed by atoms with Crippen molar-refractivity contribution in [1.82, 2.24) is 9.78 Å². The normalized spacial score (nSPS) is 17.8. The van der Waals surface area contributed by atoms with Crippen LogP contribution in [-0.4, -0.2) is 15.7 Å². The highest BCUT2D eigenvalue weighted by Gasteiger charge is 2.33. The Hall–Kier alpha value is -1.88. The number of aryl methyl sites for hydroxylation is 2. The minimum Gasteiger partial charge on any atom is -0.311 e. The number of fused-ring (bicyclic) bond motifs is 1. The fourth-order valence-electron chi connectivity index (χ4n) is 2.76. The van der Waals surface area contributed by atoms with Crippen molar-refractivity contribution in [2.45, 2.75) is 19.3 Å². The third-order valence-corrected chi connectivity index (χ3v) is 3.83. The van der Waals surface area contributed by atoms with Gasteiger partial charge in [-0.25, -0.2) is 4.39 Å². The van der Waals surface area contributed by atoms with E-state index in [1.54, 1.807) is 17.8 Å². The minimum absolute atomic E-state index is 0.148. The van der Waals surface area contributed by atoms with Crippen LogP contribution in [0.1, 0.15) is 29.2 Å². The number of rotatable bonds is 1. The van der Waals surface area contributed by atoms with Crippen LogP contribution < -0.4 is 5.32 Å². The SMILES string of the molecule is Cc1nn(C)c2c1[C@@H](c1cc(Cl)ccc1F)CC(=O)N2. The molecule has 0 bridgehead atoms. The van der Waals surface area contributed by atoms with Gasteiger partial charge in [0.05, 0.1) is 5.69 Å². The minimum atomic E-state index is -0.358. The maximum absolute atomic E-state index is 14.1. The molecule has 0 fully saturated rings. The molecular weight excluding hydrogens is 281 g/mol. The van der Waals surface area contributed by atoms with Gasteiger partial charge in [0.2, 0.25) is 5.91 Å². The molecule has 4 nitrogen and oxygen atoms in total. The largest absolute Gasteiger partial charge is 0.311 e. The molecule has 0 spiro atoms. The van der Waals surface area contributed by atoms with Crippen molar-refractivity contribution in [1.29, 1.82) is 0 Å². The van der Waals surface area contributed by atoms with Gasteiger partial charge in [-0.05, 0) is 30.7 Å². The Kier molecular flexibility index (Phi) is 3.01. The van der Waals surface area contributed by atoms with Crippen molar-refractivity contribution in [3.63, 3.8) is 0 Å². The summed E-state index contributed by atoms with van der Waals surface area (Å²) < 4.78 is 15.7. The second-order valence-electron chi connectivity index (χ2n) is 4.94. The maximum atomic E-state index is 14.1. The molecule has 0 unspecified atom stereocenters. The monoisotopic (exact) mass is 293 g/mol. The summed E-state index contributed by atoms with van der Waals surface area (Å²) in [5, 5.41) is 7.54. The van der Waals surface area contributed by atoms with Gasteiger partial charge in [0.1, 0.15) is 11.6 Å². The third-order valence-electron chi connectivity index (χ3n) is 3.60. The highest BCUT2D eigenvalue weighted by atomic mass is 35.5. The first kappa shape index (κ1) is 13.1. The summed E-state index contributed by atoms with van der Waals surface area (Å²) in [5.41, 5.74) is 2.07. The standard InChI is InChI=1S/C14H13ClFN3O/c1-7-13-10(9-5-8(15)3-4-11(9)16)6-12(20)17-14(13)19(2)18-7/h3-5,10H,6H2,1-2H3,(H,17,20)/t10-/m1/s1. The number of aromatic nitrogens is 2. The number of carbonyl (C=O) groups excluding carboxylic acids is 1. The fourth-order valence-corrected chi connectivity index (χ4v) is 2.94. The molecule has 1 aliphatic rings. The fraction of sp³-hybridized carbons (Fsp3) is 0.286. The molecule has 0 radical (unpaired) electrons. The average molecular weight is 294 g/mol. The smallest absolute Gasteiger partial charge is 0.226 e. The van der Waals surface area contributed by atoms with Crippen LogP contribution in [0.2, 0.25) is 5.02 Å². The molecule has 0 saturated carbocycles. The Balaban J connectivity index is 2.20. The Bertz CT molecular complexity index is 711. The van der Waals surface area contributed by atoms with Gasteiger partial charge in [-0.1, -0.05) is 11.6 Å². The number of nitrogens with zero attached hydrogens (tertiary/aromatic N) is 2. The molecule has 2 heterocycles. The molecule has 2 aromatic rings. The summed E-state index contributed by atoms with van der Waals surface area (Å²) in [6.07, 6.45) is 0.191. The van der Waals surface area contributed by atoms with E-state index in [1.165, 1.54) is 12.1 Å². The van der Waals surface area contributed by atoms with Crippen molar-refractivity contribution in [3.8, 4) is 0 Å². The molecule has 1 aliphatic heterocycles. The van der Waals surface area contributed by atoms with Crippen LogP contribution in [0, 0.1) is 12.7 Å². The van der Waals surface area contributed by atoms with E-state index in [-0.39, 0.29) is 24.1 Å². The molecule has 1 amide bonds. The van der Waals surface area contributed by atoms with Crippen LogP contribution >= 0.6 is 11.6 Å². The molecule has 6 heteroatoms. The molecular formula is C14H13ClFN3O. The molecule has 1 N–H and O–H groups in total. The lowest BCUT2D eigenvalue weighted by Gasteiger charge is -2.24. The van der Waals surface area contributed by atoms with Crippen molar-refractivity contribution < 1.29 is 9.18 Å². The number of carbonyl (C=O) groups is 1. The summed E-state index contributed by atoms with van der Waals surface area (Å²) in [7, 11) is 1.75. The molecule has 104 valence electrons. The van der Waals surface area contributed by atoms with Gasteiger partial charge in [-0.15, -0.1) is 0 Å². The van der Waals surface area contributed by atoms with Crippen molar-refractivity contribution in [2.75, 3.05) is 5.32 Å².